The fraction of sp³-hybridized carbons (Fsp3) is 0.500. The summed E-state index contributed by atoms with van der Waals surface area (Å²) in [4.78, 5) is 57.2. The summed E-state index contributed by atoms with van der Waals surface area (Å²) in [5, 5.41) is 2.77. The van der Waals surface area contributed by atoms with Crippen molar-refractivity contribution in [2.75, 3.05) is 44.9 Å². The maximum absolute atomic E-state index is 14.5. The highest BCUT2D eigenvalue weighted by Crippen LogP contribution is 2.39. The number of benzene rings is 2. The van der Waals surface area contributed by atoms with Crippen LogP contribution in [0.1, 0.15) is 56.5 Å². The molecule has 1 unspecified atom stereocenters. The van der Waals surface area contributed by atoms with E-state index in [4.69, 9.17) is 9.47 Å². The number of hydrogen-bond acceptors (Lipinski definition) is 7. The summed E-state index contributed by atoms with van der Waals surface area (Å²) >= 11 is 0. The third kappa shape index (κ3) is 6.76. The molecular weight excluding hydrogens is 555 g/mol. The van der Waals surface area contributed by atoms with E-state index in [0.29, 0.717) is 44.8 Å². The van der Waals surface area contributed by atoms with Gasteiger partial charge in [0.1, 0.15) is 23.1 Å². The van der Waals surface area contributed by atoms with E-state index in [0.717, 1.165) is 11.3 Å². The van der Waals surface area contributed by atoms with Gasteiger partial charge in [0.25, 0.3) is 5.91 Å². The Labute approximate surface area is 252 Å². The van der Waals surface area contributed by atoms with Gasteiger partial charge in [0.05, 0.1) is 18.8 Å². The van der Waals surface area contributed by atoms with Crippen molar-refractivity contribution < 1.29 is 33.0 Å². The van der Waals surface area contributed by atoms with Crippen LogP contribution in [-0.2, 0) is 25.5 Å². The summed E-state index contributed by atoms with van der Waals surface area (Å²) in [6.07, 6.45) is 1.48. The van der Waals surface area contributed by atoms with Crippen LogP contribution in [0.3, 0.4) is 0 Å². The van der Waals surface area contributed by atoms with Crippen molar-refractivity contribution in [3.05, 3.63) is 59.4 Å². The van der Waals surface area contributed by atoms with Gasteiger partial charge in [-0.1, -0.05) is 26.8 Å². The number of likely N-dealkylation sites (tertiary alicyclic amines) is 1. The van der Waals surface area contributed by atoms with E-state index in [1.807, 2.05) is 32.9 Å². The first-order valence-corrected chi connectivity index (χ1v) is 14.8. The van der Waals surface area contributed by atoms with Crippen LogP contribution in [0.4, 0.5) is 10.1 Å². The zero-order chi connectivity index (χ0) is 31.3. The SMILES string of the molecule is CCOC(=O)COc1ccc(N2CN(C)C(=O)C23CCN(C(=O)C(NC(=O)c2cc(CC)ccc2F)C(C)C)CC3)cc1. The average Bonchev–Trinajstić information content (AvgIpc) is 3.24. The molecule has 10 nitrogen and oxygen atoms in total. The van der Waals surface area contributed by atoms with Crippen LogP contribution in [0.5, 0.6) is 5.75 Å². The van der Waals surface area contributed by atoms with Crippen LogP contribution < -0.4 is 15.0 Å². The van der Waals surface area contributed by atoms with Crippen molar-refractivity contribution in [3.63, 3.8) is 0 Å². The lowest BCUT2D eigenvalue weighted by Crippen LogP contribution is -2.60. The number of carbonyl (C=O) groups is 4. The number of ether oxygens (including phenoxy) is 2. The van der Waals surface area contributed by atoms with Gasteiger partial charge in [-0.05, 0) is 74.1 Å². The first-order valence-electron chi connectivity index (χ1n) is 14.8. The number of halogens is 1. The third-order valence-electron chi connectivity index (χ3n) is 8.23. The van der Waals surface area contributed by atoms with Gasteiger partial charge in [-0.2, -0.15) is 0 Å². The lowest BCUT2D eigenvalue weighted by molar-refractivity contribution is -0.145. The van der Waals surface area contributed by atoms with Crippen molar-refractivity contribution in [2.24, 2.45) is 5.92 Å². The molecule has 2 saturated heterocycles. The minimum atomic E-state index is -0.841. The number of likely N-dealkylation sites (N-methyl/N-ethyl adjacent to an activating group) is 1. The van der Waals surface area contributed by atoms with E-state index in [-0.39, 0.29) is 36.5 Å². The predicted molar refractivity (Wildman–Crippen MR) is 159 cm³/mol. The average molecular weight is 597 g/mol. The second kappa shape index (κ2) is 13.4. The van der Waals surface area contributed by atoms with E-state index in [1.165, 1.54) is 12.1 Å². The molecule has 1 atom stereocenters. The topological polar surface area (TPSA) is 108 Å². The van der Waals surface area contributed by atoms with Gasteiger partial charge in [-0.15, -0.1) is 0 Å². The first-order chi connectivity index (χ1) is 20.5. The Kier molecular flexibility index (Phi) is 9.93. The van der Waals surface area contributed by atoms with E-state index in [9.17, 15) is 23.6 Å². The number of hydrogen-bond donors (Lipinski definition) is 1. The van der Waals surface area contributed by atoms with Crippen LogP contribution in [0.25, 0.3) is 0 Å². The predicted octanol–water partition coefficient (Wildman–Crippen LogP) is 3.38. The molecule has 3 amide bonds. The Morgan fingerprint density at radius 3 is 2.33 bits per heavy atom. The van der Waals surface area contributed by atoms with Gasteiger partial charge < -0.3 is 29.5 Å². The number of nitrogens with one attached hydrogen (secondary N) is 1. The molecule has 1 spiro atoms. The van der Waals surface area contributed by atoms with Gasteiger partial charge in [-0.3, -0.25) is 14.4 Å². The number of aryl methyl sites for hydroxylation is 1. The number of amides is 3. The van der Waals surface area contributed by atoms with Gasteiger partial charge in [0, 0.05) is 25.8 Å². The molecule has 0 bridgehead atoms. The fourth-order valence-corrected chi connectivity index (χ4v) is 5.75. The number of anilines is 1. The molecule has 232 valence electrons. The molecule has 0 aromatic heterocycles. The van der Waals surface area contributed by atoms with Gasteiger partial charge >= 0.3 is 5.97 Å². The monoisotopic (exact) mass is 596 g/mol. The van der Waals surface area contributed by atoms with Gasteiger partial charge in [-0.25, -0.2) is 9.18 Å². The van der Waals surface area contributed by atoms with Crippen LogP contribution in [0.2, 0.25) is 0 Å². The van der Waals surface area contributed by atoms with Crippen LogP contribution in [0.15, 0.2) is 42.5 Å². The van der Waals surface area contributed by atoms with E-state index in [2.05, 4.69) is 10.2 Å². The van der Waals surface area contributed by atoms with E-state index < -0.39 is 29.3 Å². The molecular formula is C32H41FN4O6. The fourth-order valence-electron chi connectivity index (χ4n) is 5.75. The van der Waals surface area contributed by atoms with Crippen molar-refractivity contribution in [3.8, 4) is 5.75 Å². The molecule has 43 heavy (non-hydrogen) atoms. The second-order valence-electron chi connectivity index (χ2n) is 11.4. The lowest BCUT2D eigenvalue weighted by Gasteiger charge is -2.44. The Bertz CT molecular complexity index is 1340. The zero-order valence-corrected chi connectivity index (χ0v) is 25.5. The summed E-state index contributed by atoms with van der Waals surface area (Å²) in [7, 11) is 1.76. The summed E-state index contributed by atoms with van der Waals surface area (Å²) < 4.78 is 24.9. The van der Waals surface area contributed by atoms with Crippen molar-refractivity contribution in [2.45, 2.75) is 58.5 Å². The maximum Gasteiger partial charge on any atom is 0.344 e. The maximum atomic E-state index is 14.5. The number of piperidine rings is 1. The Balaban J connectivity index is 1.45. The Morgan fingerprint density at radius 2 is 1.72 bits per heavy atom. The number of rotatable bonds is 10. The van der Waals surface area contributed by atoms with Gasteiger partial charge in [0.15, 0.2) is 6.61 Å². The lowest BCUT2D eigenvalue weighted by atomic mass is 9.85. The quantitative estimate of drug-likeness (QED) is 0.419. The normalized spacial score (nSPS) is 16.9. The minimum absolute atomic E-state index is 0.0118. The molecule has 2 aromatic rings. The molecule has 2 heterocycles. The third-order valence-corrected chi connectivity index (χ3v) is 8.23. The molecule has 0 aliphatic carbocycles. The standard InChI is InChI=1S/C32H41FN4O6/c1-6-22-8-13-26(33)25(18-22)29(39)34-28(21(3)4)30(40)36-16-14-32(15-17-36)31(41)35(5)20-37(32)23-9-11-24(12-10-23)43-19-27(38)42-7-2/h8-13,18,21,28H,6-7,14-17,19-20H2,1-5H3,(H,34,39). The molecule has 1 N–H and O–H groups in total. The largest absolute Gasteiger partial charge is 0.482 e. The first kappa shape index (κ1) is 31.8. The van der Waals surface area contributed by atoms with Crippen molar-refractivity contribution >= 4 is 29.4 Å². The number of esters is 1. The van der Waals surface area contributed by atoms with E-state index >= 15 is 0 Å². The highest BCUT2D eigenvalue weighted by Gasteiger charge is 2.53. The second-order valence-corrected chi connectivity index (χ2v) is 11.4. The smallest absolute Gasteiger partial charge is 0.344 e. The number of carbonyl (C=O) groups excluding carboxylic acids is 4. The molecule has 4 rings (SSSR count). The summed E-state index contributed by atoms with van der Waals surface area (Å²) in [5.41, 5.74) is 0.751. The van der Waals surface area contributed by atoms with Crippen LogP contribution in [-0.4, -0.2) is 85.1 Å². The van der Waals surface area contributed by atoms with Crippen molar-refractivity contribution in [1.82, 2.24) is 15.1 Å². The molecule has 2 fully saturated rings. The molecule has 2 aliphatic heterocycles. The zero-order valence-electron chi connectivity index (χ0n) is 25.5. The molecule has 2 aliphatic rings. The Hall–Kier alpha value is -4.15. The van der Waals surface area contributed by atoms with Gasteiger partial charge in [0.2, 0.25) is 11.8 Å². The number of nitrogens with zero attached hydrogens (tertiary/aromatic N) is 3. The summed E-state index contributed by atoms with van der Waals surface area (Å²) in [6.45, 7) is 8.46. The van der Waals surface area contributed by atoms with Crippen LogP contribution >= 0.6 is 0 Å². The van der Waals surface area contributed by atoms with Crippen molar-refractivity contribution in [1.29, 1.82) is 0 Å². The summed E-state index contributed by atoms with van der Waals surface area (Å²) in [6, 6.07) is 10.8. The molecule has 11 heteroatoms. The summed E-state index contributed by atoms with van der Waals surface area (Å²) in [5.74, 6) is -1.69. The minimum Gasteiger partial charge on any atom is -0.482 e. The van der Waals surface area contributed by atoms with Crippen LogP contribution in [0, 0.1) is 11.7 Å². The highest BCUT2D eigenvalue weighted by atomic mass is 19.1. The molecule has 0 radical (unpaired) electrons. The Morgan fingerprint density at radius 1 is 1.05 bits per heavy atom. The van der Waals surface area contributed by atoms with E-state index in [1.54, 1.807) is 42.0 Å². The molecule has 0 saturated carbocycles. The highest BCUT2D eigenvalue weighted by molar-refractivity contribution is 5.98. The molecule has 2 aromatic carbocycles.